The Balaban J connectivity index is 2.48. The van der Waals surface area contributed by atoms with Gasteiger partial charge in [-0.05, 0) is 17.6 Å². The highest BCUT2D eigenvalue weighted by Gasteiger charge is 2.21. The van der Waals surface area contributed by atoms with Crippen LogP contribution in [0.1, 0.15) is 6.92 Å². The summed E-state index contributed by atoms with van der Waals surface area (Å²) < 4.78 is 13.8. The highest BCUT2D eigenvalue weighted by atomic mass is 35.5. The zero-order valence-corrected chi connectivity index (χ0v) is 10.4. The standard InChI is InChI=1S/C14H13BClF/c1-2-15(11-7-3-5-9-13(11)16)12-8-4-6-10-14(12)17/h3-10H,2H2,1H3. The fraction of sp³-hybridized carbons (Fsp3) is 0.143. The molecule has 0 unspecified atom stereocenters. The van der Waals surface area contributed by atoms with Gasteiger partial charge >= 0.3 is 0 Å². The second kappa shape index (κ2) is 5.37. The van der Waals surface area contributed by atoms with Gasteiger partial charge in [-0.15, -0.1) is 0 Å². The lowest BCUT2D eigenvalue weighted by Gasteiger charge is -2.14. The van der Waals surface area contributed by atoms with Crippen molar-refractivity contribution >= 4 is 29.2 Å². The number of hydrogen-bond donors (Lipinski definition) is 0. The molecule has 0 radical (unpaired) electrons. The third kappa shape index (κ3) is 2.53. The predicted octanol–water partition coefficient (Wildman–Crippen LogP) is 3.11. The van der Waals surface area contributed by atoms with Crippen molar-refractivity contribution in [3.8, 4) is 0 Å². The van der Waals surface area contributed by atoms with E-state index in [1.165, 1.54) is 6.07 Å². The van der Waals surface area contributed by atoms with Crippen molar-refractivity contribution in [1.29, 1.82) is 0 Å². The predicted molar refractivity (Wildman–Crippen MR) is 73.4 cm³/mol. The third-order valence-corrected chi connectivity index (χ3v) is 3.31. The SMILES string of the molecule is CCB(c1ccccc1F)c1ccccc1Cl. The quantitative estimate of drug-likeness (QED) is 0.730. The first kappa shape index (κ1) is 12.2. The van der Waals surface area contributed by atoms with Crippen LogP contribution in [-0.4, -0.2) is 6.71 Å². The Morgan fingerprint density at radius 3 is 2.18 bits per heavy atom. The van der Waals surface area contributed by atoms with E-state index < -0.39 is 0 Å². The molecule has 0 aliphatic carbocycles. The Kier molecular flexibility index (Phi) is 3.85. The van der Waals surface area contributed by atoms with Crippen LogP contribution in [0.4, 0.5) is 4.39 Å². The normalized spacial score (nSPS) is 10.3. The largest absolute Gasteiger partial charge is 0.214 e. The van der Waals surface area contributed by atoms with Gasteiger partial charge in [-0.3, -0.25) is 0 Å². The summed E-state index contributed by atoms with van der Waals surface area (Å²) in [4.78, 5) is 0. The Morgan fingerprint density at radius 1 is 1.00 bits per heavy atom. The summed E-state index contributed by atoms with van der Waals surface area (Å²) in [6, 6.07) is 14.5. The molecule has 2 aromatic carbocycles. The molecule has 0 aliphatic rings. The van der Waals surface area contributed by atoms with E-state index in [1.807, 2.05) is 43.3 Å². The van der Waals surface area contributed by atoms with Crippen LogP contribution in [0, 0.1) is 5.82 Å². The van der Waals surface area contributed by atoms with Crippen molar-refractivity contribution in [3.05, 3.63) is 59.4 Å². The van der Waals surface area contributed by atoms with Crippen LogP contribution in [-0.2, 0) is 0 Å². The van der Waals surface area contributed by atoms with Crippen LogP contribution in [0.2, 0.25) is 11.3 Å². The zero-order chi connectivity index (χ0) is 12.3. The molecule has 0 saturated carbocycles. The van der Waals surface area contributed by atoms with Gasteiger partial charge in [-0.1, -0.05) is 66.7 Å². The van der Waals surface area contributed by atoms with Gasteiger partial charge in [0.25, 0.3) is 0 Å². The molecule has 0 nitrogen and oxygen atoms in total. The van der Waals surface area contributed by atoms with E-state index in [0.29, 0.717) is 10.5 Å². The smallest absolute Gasteiger partial charge is 0.208 e. The molecule has 0 bridgehead atoms. The van der Waals surface area contributed by atoms with Gasteiger partial charge in [-0.2, -0.15) is 0 Å². The average molecular weight is 247 g/mol. The minimum Gasteiger partial charge on any atom is -0.208 e. The van der Waals surface area contributed by atoms with Crippen molar-refractivity contribution < 1.29 is 4.39 Å². The van der Waals surface area contributed by atoms with Gasteiger partial charge in [0.1, 0.15) is 5.82 Å². The summed E-state index contributed by atoms with van der Waals surface area (Å²) >= 11 is 6.18. The molecule has 0 saturated heterocycles. The van der Waals surface area contributed by atoms with Crippen molar-refractivity contribution in [2.24, 2.45) is 0 Å². The molecule has 0 heterocycles. The van der Waals surface area contributed by atoms with E-state index in [0.717, 1.165) is 11.8 Å². The number of hydrogen-bond acceptors (Lipinski definition) is 0. The maximum absolute atomic E-state index is 13.8. The molecule has 0 aromatic heterocycles. The molecule has 0 aliphatic heterocycles. The monoisotopic (exact) mass is 246 g/mol. The highest BCUT2D eigenvalue weighted by molar-refractivity contribution is 6.86. The third-order valence-electron chi connectivity index (χ3n) is 2.97. The maximum Gasteiger partial charge on any atom is 0.214 e. The van der Waals surface area contributed by atoms with Crippen LogP contribution in [0.3, 0.4) is 0 Å². The molecule has 3 heteroatoms. The summed E-state index contributed by atoms with van der Waals surface area (Å²) in [5.74, 6) is -0.167. The Morgan fingerprint density at radius 2 is 1.59 bits per heavy atom. The summed E-state index contributed by atoms with van der Waals surface area (Å²) in [7, 11) is 0. The summed E-state index contributed by atoms with van der Waals surface area (Å²) in [5.41, 5.74) is 1.70. The molecule has 0 amide bonds. The molecule has 2 aromatic rings. The van der Waals surface area contributed by atoms with E-state index in [4.69, 9.17) is 11.6 Å². The molecular weight excluding hydrogens is 233 g/mol. The van der Waals surface area contributed by atoms with Gasteiger partial charge in [0.2, 0.25) is 6.71 Å². The fourth-order valence-electron chi connectivity index (χ4n) is 2.12. The first-order valence-corrected chi connectivity index (χ1v) is 6.10. The van der Waals surface area contributed by atoms with Gasteiger partial charge in [0.05, 0.1) is 0 Å². The Bertz CT molecular complexity index is 468. The van der Waals surface area contributed by atoms with Crippen molar-refractivity contribution in [1.82, 2.24) is 0 Å². The summed E-state index contributed by atoms with van der Waals surface area (Å²) in [5, 5.41) is 0.697. The second-order valence-corrected chi connectivity index (χ2v) is 4.41. The van der Waals surface area contributed by atoms with Gasteiger partial charge in [0, 0.05) is 5.02 Å². The minimum atomic E-state index is -0.167. The van der Waals surface area contributed by atoms with E-state index >= 15 is 0 Å². The van der Waals surface area contributed by atoms with Crippen LogP contribution in [0.25, 0.3) is 0 Å². The van der Waals surface area contributed by atoms with E-state index in [1.54, 1.807) is 6.07 Å². The lowest BCUT2D eigenvalue weighted by atomic mass is 9.39. The molecule has 0 N–H and O–H groups in total. The molecule has 0 spiro atoms. The molecule has 2 rings (SSSR count). The van der Waals surface area contributed by atoms with Crippen molar-refractivity contribution in [2.45, 2.75) is 13.2 Å². The molecule has 0 atom stereocenters. The number of benzene rings is 2. The number of rotatable bonds is 3. The van der Waals surface area contributed by atoms with E-state index in [9.17, 15) is 4.39 Å². The van der Waals surface area contributed by atoms with Crippen LogP contribution >= 0.6 is 11.6 Å². The fourth-order valence-corrected chi connectivity index (χ4v) is 2.39. The molecule has 86 valence electrons. The van der Waals surface area contributed by atoms with Gasteiger partial charge < -0.3 is 0 Å². The summed E-state index contributed by atoms with van der Waals surface area (Å²) in [6.45, 7) is 2.06. The Labute approximate surface area is 107 Å². The first-order valence-electron chi connectivity index (χ1n) is 5.73. The number of halogens is 2. The van der Waals surface area contributed by atoms with Gasteiger partial charge in [-0.25, -0.2) is 4.39 Å². The van der Waals surface area contributed by atoms with Crippen molar-refractivity contribution in [2.75, 3.05) is 0 Å². The molecule has 0 fully saturated rings. The maximum atomic E-state index is 13.8. The van der Waals surface area contributed by atoms with E-state index in [2.05, 4.69) is 0 Å². The molecule has 17 heavy (non-hydrogen) atoms. The first-order chi connectivity index (χ1) is 8.24. The Hall–Kier alpha value is -1.28. The lowest BCUT2D eigenvalue weighted by molar-refractivity contribution is 0.635. The van der Waals surface area contributed by atoms with Crippen LogP contribution in [0.5, 0.6) is 0 Å². The average Bonchev–Trinajstić information content (AvgIpc) is 2.34. The van der Waals surface area contributed by atoms with Crippen LogP contribution < -0.4 is 10.9 Å². The topological polar surface area (TPSA) is 0 Å². The lowest BCUT2D eigenvalue weighted by Crippen LogP contribution is -2.43. The second-order valence-electron chi connectivity index (χ2n) is 4.00. The van der Waals surface area contributed by atoms with Crippen molar-refractivity contribution in [3.63, 3.8) is 0 Å². The highest BCUT2D eigenvalue weighted by Crippen LogP contribution is 2.08. The zero-order valence-electron chi connectivity index (χ0n) is 9.66. The van der Waals surface area contributed by atoms with E-state index in [-0.39, 0.29) is 12.5 Å². The minimum absolute atomic E-state index is 0.0184. The van der Waals surface area contributed by atoms with Gasteiger partial charge in [0.15, 0.2) is 0 Å². The van der Waals surface area contributed by atoms with Crippen LogP contribution in [0.15, 0.2) is 48.5 Å². The molecular formula is C14H13BClF. The summed E-state index contributed by atoms with van der Waals surface area (Å²) in [6.07, 6.45) is 0.824.